The quantitative estimate of drug-likeness (QED) is 0.347. The third kappa shape index (κ3) is 5.12. The lowest BCUT2D eigenvalue weighted by molar-refractivity contribution is -0.117. The van der Waals surface area contributed by atoms with Crippen molar-refractivity contribution in [3.8, 4) is 6.07 Å². The summed E-state index contributed by atoms with van der Waals surface area (Å²) in [6.45, 7) is 0.0704. The first-order chi connectivity index (χ1) is 16.4. The van der Waals surface area contributed by atoms with Crippen LogP contribution in [-0.4, -0.2) is 17.1 Å². The van der Waals surface area contributed by atoms with Crippen molar-refractivity contribution in [2.75, 3.05) is 4.90 Å². The highest BCUT2D eigenvalue weighted by Gasteiger charge is 2.41. The molecule has 1 N–H and O–H groups in total. The van der Waals surface area contributed by atoms with E-state index in [9.17, 15) is 19.2 Å². The molecule has 0 spiro atoms. The number of furan rings is 1. The molecule has 4 rings (SSSR count). The SMILES string of the molecule is N#C/C(C(=O)NCc1ccco1)=C1/SC(Cc2cc(Cl)ccc2Cl)C(=O)N1c1ccc(F)cc1. The van der Waals surface area contributed by atoms with Crippen LogP contribution in [0.1, 0.15) is 11.3 Å². The molecule has 1 atom stereocenters. The van der Waals surface area contributed by atoms with Crippen molar-refractivity contribution >= 4 is 52.5 Å². The lowest BCUT2D eigenvalue weighted by Crippen LogP contribution is -2.32. The molecule has 0 saturated carbocycles. The Morgan fingerprint density at radius 2 is 1.97 bits per heavy atom. The zero-order valence-corrected chi connectivity index (χ0v) is 19.8. The molecule has 3 aromatic rings. The van der Waals surface area contributed by atoms with Gasteiger partial charge in [0.2, 0.25) is 5.91 Å². The maximum absolute atomic E-state index is 13.5. The Bertz CT molecular complexity index is 1300. The number of nitrogens with one attached hydrogen (secondary N) is 1. The van der Waals surface area contributed by atoms with Crippen molar-refractivity contribution in [1.82, 2.24) is 5.32 Å². The molecule has 10 heteroatoms. The molecular formula is C24H16Cl2FN3O3S. The van der Waals surface area contributed by atoms with Gasteiger partial charge in [0.05, 0.1) is 18.1 Å². The van der Waals surface area contributed by atoms with Crippen molar-refractivity contribution in [2.45, 2.75) is 18.2 Å². The van der Waals surface area contributed by atoms with E-state index in [1.165, 1.54) is 35.4 Å². The standard InChI is InChI=1S/C24H16Cl2FN3O3S/c25-15-3-8-20(26)14(10-15)11-21-23(32)30(17-6-4-16(27)5-7-17)24(34-21)19(12-28)22(31)29-13-18-2-1-9-33-18/h1-10,21H,11,13H2,(H,29,31)/b24-19-. The van der Waals surface area contributed by atoms with E-state index < -0.39 is 17.0 Å². The molecule has 1 unspecified atom stereocenters. The molecule has 1 aromatic heterocycles. The summed E-state index contributed by atoms with van der Waals surface area (Å²) >= 11 is 13.5. The van der Waals surface area contributed by atoms with Crippen LogP contribution in [0.4, 0.5) is 10.1 Å². The fraction of sp³-hybridized carbons (Fsp3) is 0.125. The average Bonchev–Trinajstić information content (AvgIpc) is 3.45. The molecule has 172 valence electrons. The summed E-state index contributed by atoms with van der Waals surface area (Å²) in [6.07, 6.45) is 1.69. The van der Waals surface area contributed by atoms with Crippen LogP contribution in [0, 0.1) is 17.1 Å². The van der Waals surface area contributed by atoms with Gasteiger partial charge in [-0.25, -0.2) is 4.39 Å². The van der Waals surface area contributed by atoms with Gasteiger partial charge in [0.15, 0.2) is 0 Å². The minimum absolute atomic E-state index is 0.0704. The molecular weight excluding hydrogens is 500 g/mol. The van der Waals surface area contributed by atoms with Gasteiger partial charge in [0.1, 0.15) is 28.2 Å². The zero-order valence-electron chi connectivity index (χ0n) is 17.4. The van der Waals surface area contributed by atoms with Crippen molar-refractivity contribution in [1.29, 1.82) is 5.26 Å². The Labute approximate surface area is 208 Å². The van der Waals surface area contributed by atoms with Crippen LogP contribution in [-0.2, 0) is 22.6 Å². The fourth-order valence-corrected chi connectivity index (χ4v) is 5.07. The number of halogens is 3. The Kier molecular flexibility index (Phi) is 7.27. The Morgan fingerprint density at radius 3 is 2.65 bits per heavy atom. The number of nitrogens with zero attached hydrogens (tertiary/aromatic N) is 2. The van der Waals surface area contributed by atoms with Gasteiger partial charge in [-0.3, -0.25) is 14.5 Å². The second-order valence-electron chi connectivity index (χ2n) is 7.25. The number of hydrogen-bond donors (Lipinski definition) is 1. The zero-order chi connectivity index (χ0) is 24.2. The normalized spacial score (nSPS) is 16.9. The molecule has 1 saturated heterocycles. The highest BCUT2D eigenvalue weighted by molar-refractivity contribution is 8.05. The van der Waals surface area contributed by atoms with Crippen molar-refractivity contribution in [2.24, 2.45) is 0 Å². The van der Waals surface area contributed by atoms with Crippen LogP contribution in [0.5, 0.6) is 0 Å². The van der Waals surface area contributed by atoms with Gasteiger partial charge in [-0.05, 0) is 66.6 Å². The molecule has 2 heterocycles. The highest BCUT2D eigenvalue weighted by Crippen LogP contribution is 2.42. The lowest BCUT2D eigenvalue weighted by Gasteiger charge is -2.18. The number of thioether (sulfide) groups is 1. The predicted molar refractivity (Wildman–Crippen MR) is 129 cm³/mol. The summed E-state index contributed by atoms with van der Waals surface area (Å²) in [5.41, 5.74) is 0.746. The van der Waals surface area contributed by atoms with Gasteiger partial charge in [0, 0.05) is 15.7 Å². The molecule has 1 aliphatic heterocycles. The first-order valence-corrected chi connectivity index (χ1v) is 11.7. The highest BCUT2D eigenvalue weighted by atomic mass is 35.5. The number of rotatable bonds is 6. The van der Waals surface area contributed by atoms with Gasteiger partial charge >= 0.3 is 0 Å². The van der Waals surface area contributed by atoms with Gasteiger partial charge in [-0.15, -0.1) is 0 Å². The summed E-state index contributed by atoms with van der Waals surface area (Å²) in [4.78, 5) is 27.6. The van der Waals surface area contributed by atoms with Crippen LogP contribution in [0.2, 0.25) is 10.0 Å². The van der Waals surface area contributed by atoms with E-state index in [1.54, 1.807) is 30.3 Å². The number of nitriles is 1. The first kappa shape index (κ1) is 23.9. The van der Waals surface area contributed by atoms with Crippen molar-refractivity contribution in [3.63, 3.8) is 0 Å². The summed E-state index contributed by atoms with van der Waals surface area (Å²) in [5, 5.41) is 12.8. The number of carbonyl (C=O) groups is 2. The second kappa shape index (κ2) is 10.3. The van der Waals surface area contributed by atoms with E-state index in [-0.39, 0.29) is 29.5 Å². The third-order valence-corrected chi connectivity index (χ3v) is 6.87. The Balaban J connectivity index is 1.70. The van der Waals surface area contributed by atoms with Gasteiger partial charge in [0.25, 0.3) is 5.91 Å². The first-order valence-electron chi connectivity index (χ1n) is 10.0. The summed E-state index contributed by atoms with van der Waals surface area (Å²) < 4.78 is 18.7. The van der Waals surface area contributed by atoms with Crippen LogP contribution in [0.3, 0.4) is 0 Å². The summed E-state index contributed by atoms with van der Waals surface area (Å²) in [7, 11) is 0. The van der Waals surface area contributed by atoms with Crippen LogP contribution < -0.4 is 10.2 Å². The smallest absolute Gasteiger partial charge is 0.265 e. The monoisotopic (exact) mass is 515 g/mol. The molecule has 2 aromatic carbocycles. The topological polar surface area (TPSA) is 86.3 Å². The molecule has 1 aliphatic rings. The number of carbonyl (C=O) groups excluding carboxylic acids is 2. The summed E-state index contributed by atoms with van der Waals surface area (Å²) in [5.74, 6) is -1.00. The molecule has 0 aliphatic carbocycles. The van der Waals surface area contributed by atoms with E-state index in [0.29, 0.717) is 27.1 Å². The molecule has 0 bridgehead atoms. The van der Waals surface area contributed by atoms with Gasteiger partial charge in [-0.2, -0.15) is 5.26 Å². The molecule has 1 fully saturated rings. The Hall–Kier alpha value is -3.25. The molecule has 6 nitrogen and oxygen atoms in total. The Morgan fingerprint density at radius 1 is 1.21 bits per heavy atom. The third-order valence-electron chi connectivity index (χ3n) is 5.01. The van der Waals surface area contributed by atoms with Crippen LogP contribution in [0.15, 0.2) is 75.9 Å². The maximum Gasteiger partial charge on any atom is 0.265 e. The van der Waals surface area contributed by atoms with Crippen LogP contribution >= 0.6 is 35.0 Å². The number of hydrogen-bond acceptors (Lipinski definition) is 5. The number of amides is 2. The van der Waals surface area contributed by atoms with E-state index in [4.69, 9.17) is 27.6 Å². The molecule has 2 amide bonds. The van der Waals surface area contributed by atoms with Gasteiger partial charge < -0.3 is 9.73 Å². The predicted octanol–water partition coefficient (Wildman–Crippen LogP) is 5.47. The van der Waals surface area contributed by atoms with Crippen molar-refractivity contribution < 1.29 is 18.4 Å². The average molecular weight is 516 g/mol. The minimum atomic E-state index is -0.683. The largest absolute Gasteiger partial charge is 0.467 e. The van der Waals surface area contributed by atoms with E-state index in [0.717, 1.165) is 11.8 Å². The second-order valence-corrected chi connectivity index (χ2v) is 9.29. The van der Waals surface area contributed by atoms with Gasteiger partial charge in [-0.1, -0.05) is 35.0 Å². The number of anilines is 1. The van der Waals surface area contributed by atoms with E-state index >= 15 is 0 Å². The minimum Gasteiger partial charge on any atom is -0.467 e. The van der Waals surface area contributed by atoms with E-state index in [2.05, 4.69) is 5.32 Å². The fourth-order valence-electron chi connectivity index (χ4n) is 3.38. The van der Waals surface area contributed by atoms with E-state index in [1.807, 2.05) is 6.07 Å². The molecule has 34 heavy (non-hydrogen) atoms. The summed E-state index contributed by atoms with van der Waals surface area (Å²) in [6, 6.07) is 15.5. The molecule has 0 radical (unpaired) electrons. The lowest BCUT2D eigenvalue weighted by atomic mass is 10.1. The maximum atomic E-state index is 13.5. The van der Waals surface area contributed by atoms with Crippen LogP contribution in [0.25, 0.3) is 0 Å². The van der Waals surface area contributed by atoms with Crippen molar-refractivity contribution in [3.05, 3.63) is 98.6 Å². The number of benzene rings is 2.